The molecule has 1 unspecified atom stereocenters. The fourth-order valence-corrected chi connectivity index (χ4v) is 2.93. The number of likely N-dealkylation sites (tertiary alicyclic amines) is 2. The predicted octanol–water partition coefficient (Wildman–Crippen LogP) is 0.927. The Labute approximate surface area is 93.1 Å². The molecule has 2 aliphatic rings. The quantitative estimate of drug-likeness (QED) is 0.754. The lowest BCUT2D eigenvalue weighted by molar-refractivity contribution is 0.125. The standard InChI is InChI=1S/C12H24N2O/c1-11(15)9-13-8-5-12(10-13)14-6-3-2-4-7-14/h11-12,15H,2-10H2,1H3/t11-,12?/m0/s1. The van der Waals surface area contributed by atoms with E-state index in [1.165, 1.54) is 51.9 Å². The van der Waals surface area contributed by atoms with Crippen molar-refractivity contribution in [3.8, 4) is 0 Å². The topological polar surface area (TPSA) is 26.7 Å². The molecule has 3 nitrogen and oxygen atoms in total. The molecule has 0 aromatic carbocycles. The van der Waals surface area contributed by atoms with E-state index in [4.69, 9.17) is 0 Å². The van der Waals surface area contributed by atoms with Gasteiger partial charge in [-0.2, -0.15) is 0 Å². The fraction of sp³-hybridized carbons (Fsp3) is 1.00. The summed E-state index contributed by atoms with van der Waals surface area (Å²) in [6, 6.07) is 0.768. The summed E-state index contributed by atoms with van der Waals surface area (Å²) < 4.78 is 0. The smallest absolute Gasteiger partial charge is 0.0639 e. The molecule has 0 aliphatic carbocycles. The molecule has 2 heterocycles. The Kier molecular flexibility index (Phi) is 4.00. The molecule has 3 heteroatoms. The van der Waals surface area contributed by atoms with Crippen LogP contribution in [0.15, 0.2) is 0 Å². The second-order valence-corrected chi connectivity index (χ2v) is 5.15. The van der Waals surface area contributed by atoms with E-state index in [9.17, 15) is 5.11 Å². The highest BCUT2D eigenvalue weighted by Crippen LogP contribution is 2.20. The van der Waals surface area contributed by atoms with Crippen LogP contribution in [0.3, 0.4) is 0 Å². The van der Waals surface area contributed by atoms with Gasteiger partial charge in [0.2, 0.25) is 0 Å². The van der Waals surface area contributed by atoms with Gasteiger partial charge in [-0.3, -0.25) is 9.80 Å². The molecule has 2 aliphatic heterocycles. The average molecular weight is 212 g/mol. The maximum absolute atomic E-state index is 9.35. The van der Waals surface area contributed by atoms with Crippen LogP contribution in [-0.4, -0.2) is 59.8 Å². The lowest BCUT2D eigenvalue weighted by atomic mass is 10.1. The first kappa shape index (κ1) is 11.4. The van der Waals surface area contributed by atoms with E-state index in [0.717, 1.165) is 12.6 Å². The first-order chi connectivity index (χ1) is 7.25. The van der Waals surface area contributed by atoms with Crippen LogP contribution in [0, 0.1) is 0 Å². The molecule has 0 aromatic heterocycles. The van der Waals surface area contributed by atoms with Crippen molar-refractivity contribution in [1.29, 1.82) is 0 Å². The van der Waals surface area contributed by atoms with Crippen LogP contribution in [0.2, 0.25) is 0 Å². The minimum atomic E-state index is -0.176. The number of aliphatic hydroxyl groups excluding tert-OH is 1. The van der Waals surface area contributed by atoms with E-state index in [-0.39, 0.29) is 6.10 Å². The molecule has 2 saturated heterocycles. The molecular weight excluding hydrogens is 188 g/mol. The van der Waals surface area contributed by atoms with Crippen LogP contribution in [0.25, 0.3) is 0 Å². The van der Waals surface area contributed by atoms with Gasteiger partial charge in [0.15, 0.2) is 0 Å². The van der Waals surface area contributed by atoms with E-state index in [1.54, 1.807) is 0 Å². The van der Waals surface area contributed by atoms with Crippen LogP contribution < -0.4 is 0 Å². The van der Waals surface area contributed by atoms with E-state index in [1.807, 2.05) is 6.92 Å². The highest BCUT2D eigenvalue weighted by molar-refractivity contribution is 4.85. The summed E-state index contributed by atoms with van der Waals surface area (Å²) in [6.45, 7) is 7.68. The van der Waals surface area contributed by atoms with E-state index in [2.05, 4.69) is 9.80 Å². The third kappa shape index (κ3) is 3.16. The van der Waals surface area contributed by atoms with Gasteiger partial charge in [-0.1, -0.05) is 6.42 Å². The van der Waals surface area contributed by atoms with Gasteiger partial charge in [0.05, 0.1) is 6.10 Å². The Balaban J connectivity index is 1.76. The largest absolute Gasteiger partial charge is 0.392 e. The number of aliphatic hydroxyl groups is 1. The average Bonchev–Trinajstić information content (AvgIpc) is 2.67. The Bertz CT molecular complexity index is 190. The number of β-amino-alcohol motifs (C(OH)–C–C–N with tert-alkyl or cyclic N) is 1. The zero-order chi connectivity index (χ0) is 10.7. The van der Waals surface area contributed by atoms with Crippen LogP contribution in [0.4, 0.5) is 0 Å². The zero-order valence-corrected chi connectivity index (χ0v) is 9.86. The second kappa shape index (κ2) is 5.28. The predicted molar refractivity (Wildman–Crippen MR) is 61.9 cm³/mol. The summed E-state index contributed by atoms with van der Waals surface area (Å²) in [6.07, 6.45) is 5.30. The molecule has 15 heavy (non-hydrogen) atoms. The van der Waals surface area contributed by atoms with E-state index >= 15 is 0 Å². The number of hydrogen-bond acceptors (Lipinski definition) is 3. The Morgan fingerprint density at radius 3 is 2.60 bits per heavy atom. The number of nitrogens with zero attached hydrogens (tertiary/aromatic N) is 2. The van der Waals surface area contributed by atoms with Crippen LogP contribution in [0.1, 0.15) is 32.6 Å². The number of hydrogen-bond donors (Lipinski definition) is 1. The van der Waals surface area contributed by atoms with Crippen molar-refractivity contribution in [2.75, 3.05) is 32.7 Å². The van der Waals surface area contributed by atoms with Crippen LogP contribution in [0.5, 0.6) is 0 Å². The van der Waals surface area contributed by atoms with Gasteiger partial charge in [0, 0.05) is 19.1 Å². The molecule has 88 valence electrons. The molecule has 2 fully saturated rings. The number of rotatable bonds is 3. The van der Waals surface area contributed by atoms with Gasteiger partial charge in [-0.15, -0.1) is 0 Å². The highest BCUT2D eigenvalue weighted by atomic mass is 16.3. The lowest BCUT2D eigenvalue weighted by Gasteiger charge is -2.32. The van der Waals surface area contributed by atoms with Crippen molar-refractivity contribution in [2.24, 2.45) is 0 Å². The third-order valence-corrected chi connectivity index (χ3v) is 3.68. The molecule has 0 spiro atoms. The van der Waals surface area contributed by atoms with E-state index in [0.29, 0.717) is 0 Å². The molecule has 0 aromatic rings. The molecule has 2 rings (SSSR count). The first-order valence-electron chi connectivity index (χ1n) is 6.40. The maximum atomic E-state index is 9.35. The Hall–Kier alpha value is -0.120. The zero-order valence-electron chi connectivity index (χ0n) is 9.86. The monoisotopic (exact) mass is 212 g/mol. The van der Waals surface area contributed by atoms with Crippen molar-refractivity contribution in [3.63, 3.8) is 0 Å². The molecule has 0 bridgehead atoms. The summed E-state index contributed by atoms with van der Waals surface area (Å²) in [7, 11) is 0. The van der Waals surface area contributed by atoms with Gasteiger partial charge in [0.25, 0.3) is 0 Å². The summed E-state index contributed by atoms with van der Waals surface area (Å²) in [5.74, 6) is 0. The van der Waals surface area contributed by atoms with Crippen molar-refractivity contribution in [1.82, 2.24) is 9.80 Å². The SMILES string of the molecule is C[C@H](O)CN1CCC(N2CCCCC2)C1. The van der Waals surface area contributed by atoms with Gasteiger partial charge in [0.1, 0.15) is 0 Å². The highest BCUT2D eigenvalue weighted by Gasteiger charge is 2.28. The fourth-order valence-electron chi connectivity index (χ4n) is 2.93. The second-order valence-electron chi connectivity index (χ2n) is 5.15. The summed E-state index contributed by atoms with van der Waals surface area (Å²) in [5.41, 5.74) is 0. The van der Waals surface area contributed by atoms with Gasteiger partial charge in [-0.25, -0.2) is 0 Å². The van der Waals surface area contributed by atoms with Gasteiger partial charge in [-0.05, 0) is 45.8 Å². The third-order valence-electron chi connectivity index (χ3n) is 3.68. The van der Waals surface area contributed by atoms with Crippen LogP contribution in [-0.2, 0) is 0 Å². The van der Waals surface area contributed by atoms with Gasteiger partial charge < -0.3 is 5.11 Å². The minimum absolute atomic E-state index is 0.176. The van der Waals surface area contributed by atoms with E-state index < -0.39 is 0 Å². The van der Waals surface area contributed by atoms with Crippen molar-refractivity contribution in [3.05, 3.63) is 0 Å². The molecule has 2 atom stereocenters. The molecular formula is C12H24N2O. The molecule has 0 radical (unpaired) electrons. The Morgan fingerprint density at radius 2 is 1.93 bits per heavy atom. The first-order valence-corrected chi connectivity index (χ1v) is 6.40. The van der Waals surface area contributed by atoms with Crippen molar-refractivity contribution in [2.45, 2.75) is 44.8 Å². The minimum Gasteiger partial charge on any atom is -0.392 e. The van der Waals surface area contributed by atoms with Gasteiger partial charge >= 0.3 is 0 Å². The maximum Gasteiger partial charge on any atom is 0.0639 e. The summed E-state index contributed by atoms with van der Waals surface area (Å²) in [4.78, 5) is 5.06. The molecule has 1 N–H and O–H groups in total. The van der Waals surface area contributed by atoms with Crippen molar-refractivity contribution < 1.29 is 5.11 Å². The molecule has 0 amide bonds. The molecule has 0 saturated carbocycles. The number of piperidine rings is 1. The lowest BCUT2D eigenvalue weighted by Crippen LogP contribution is -2.41. The summed E-state index contributed by atoms with van der Waals surface area (Å²) >= 11 is 0. The van der Waals surface area contributed by atoms with Crippen molar-refractivity contribution >= 4 is 0 Å². The normalized spacial score (nSPS) is 32.0. The Morgan fingerprint density at radius 1 is 1.20 bits per heavy atom. The van der Waals surface area contributed by atoms with Crippen LogP contribution >= 0.6 is 0 Å². The summed E-state index contributed by atoms with van der Waals surface area (Å²) in [5, 5.41) is 9.35.